The summed E-state index contributed by atoms with van der Waals surface area (Å²) in [6, 6.07) is 7.85. The van der Waals surface area contributed by atoms with Gasteiger partial charge in [-0.15, -0.1) is 0 Å². The number of fused-ring (bicyclic) bond motifs is 1. The molecule has 3 atom stereocenters. The molecule has 5 rings (SSSR count). The van der Waals surface area contributed by atoms with Crippen molar-refractivity contribution in [2.75, 3.05) is 12.3 Å². The van der Waals surface area contributed by atoms with Gasteiger partial charge >= 0.3 is 0 Å². The number of nitrogens with one attached hydrogen (secondary N) is 1. The highest BCUT2D eigenvalue weighted by molar-refractivity contribution is 7.19. The van der Waals surface area contributed by atoms with E-state index in [2.05, 4.69) is 15.4 Å². The Morgan fingerprint density at radius 1 is 1.30 bits per heavy atom. The van der Waals surface area contributed by atoms with E-state index in [0.29, 0.717) is 35.1 Å². The van der Waals surface area contributed by atoms with E-state index in [1.54, 1.807) is 22.9 Å². The molecular formula is C23H25FN6O2S. The van der Waals surface area contributed by atoms with Gasteiger partial charge < -0.3 is 16.0 Å². The molecule has 2 aromatic heterocycles. The van der Waals surface area contributed by atoms with Gasteiger partial charge in [0.1, 0.15) is 17.2 Å². The molecule has 1 saturated carbocycles. The Kier molecular flexibility index (Phi) is 5.40. The van der Waals surface area contributed by atoms with Gasteiger partial charge in [0.2, 0.25) is 0 Å². The summed E-state index contributed by atoms with van der Waals surface area (Å²) in [6.45, 7) is 4.73. The molecule has 8 nitrogen and oxygen atoms in total. The molecule has 3 aromatic rings. The summed E-state index contributed by atoms with van der Waals surface area (Å²) < 4.78 is 15.5. The summed E-state index contributed by atoms with van der Waals surface area (Å²) in [4.78, 5) is 33.1. The fourth-order valence-corrected chi connectivity index (χ4v) is 5.58. The average Bonchev–Trinajstić information content (AvgIpc) is 3.11. The number of halogens is 1. The monoisotopic (exact) mass is 468 g/mol. The van der Waals surface area contributed by atoms with Crippen LogP contribution in [0.4, 0.5) is 9.52 Å². The first-order valence-electron chi connectivity index (χ1n) is 11.0. The zero-order chi connectivity index (χ0) is 23.3. The van der Waals surface area contributed by atoms with Crippen LogP contribution < -0.4 is 11.1 Å². The predicted octanol–water partition coefficient (Wildman–Crippen LogP) is 3.09. The molecular weight excluding hydrogens is 443 g/mol. The quantitative estimate of drug-likeness (QED) is 0.578. The Morgan fingerprint density at radius 2 is 2.12 bits per heavy atom. The second-order valence-corrected chi connectivity index (χ2v) is 9.63. The van der Waals surface area contributed by atoms with Gasteiger partial charge in [0, 0.05) is 19.1 Å². The minimum Gasteiger partial charge on any atom is -0.375 e. The lowest BCUT2D eigenvalue weighted by atomic mass is 10.1. The van der Waals surface area contributed by atoms with Crippen molar-refractivity contribution in [2.24, 2.45) is 5.92 Å². The number of hydrogen-bond acceptors (Lipinski definition) is 6. The molecule has 0 unspecified atom stereocenters. The fourth-order valence-electron chi connectivity index (χ4n) is 4.76. The molecule has 1 saturated heterocycles. The fraction of sp³-hybridized carbons (Fsp3) is 0.391. The van der Waals surface area contributed by atoms with Gasteiger partial charge in [0.25, 0.3) is 11.8 Å². The molecule has 0 bridgehead atoms. The first kappa shape index (κ1) is 21.6. The highest BCUT2D eigenvalue weighted by Crippen LogP contribution is 2.49. The highest BCUT2D eigenvalue weighted by atomic mass is 32.1. The Bertz CT molecular complexity index is 1240. The normalized spacial score (nSPS) is 21.2. The molecule has 2 aliphatic rings. The molecule has 1 aliphatic heterocycles. The van der Waals surface area contributed by atoms with E-state index in [1.807, 2.05) is 18.7 Å². The van der Waals surface area contributed by atoms with E-state index in [1.165, 1.54) is 23.5 Å². The standard InChI is InChI=1S/C23H25FN6O2S/c1-3-29-18(7-12(2)28-29)21(31)26-11-16-9-14-10-17(14)30(16)22(32)19-20(33-23(25)27-19)13-5-4-6-15(24)8-13/h4-8,14,16-17H,3,9-11H2,1-2H3,(H2,25,27)(H,26,31)/t14-,16+,17+/m1/s1. The maximum atomic E-state index is 13.8. The van der Waals surface area contributed by atoms with Crippen molar-refractivity contribution < 1.29 is 14.0 Å². The summed E-state index contributed by atoms with van der Waals surface area (Å²) in [7, 11) is 0. The number of aromatic nitrogens is 3. The zero-order valence-corrected chi connectivity index (χ0v) is 19.2. The molecule has 3 heterocycles. The number of thiazole rings is 1. The van der Waals surface area contributed by atoms with Crippen LogP contribution in [0, 0.1) is 18.7 Å². The van der Waals surface area contributed by atoms with E-state index in [9.17, 15) is 14.0 Å². The average molecular weight is 469 g/mol. The van der Waals surface area contributed by atoms with Gasteiger partial charge in [0.05, 0.1) is 16.6 Å². The lowest BCUT2D eigenvalue weighted by Crippen LogP contribution is -2.45. The third kappa shape index (κ3) is 3.99. The number of nitrogen functional groups attached to an aromatic ring is 1. The molecule has 3 N–H and O–H groups in total. The molecule has 1 aromatic carbocycles. The molecule has 0 spiro atoms. The van der Waals surface area contributed by atoms with Crippen molar-refractivity contribution in [2.45, 2.75) is 45.3 Å². The molecule has 2 fully saturated rings. The Morgan fingerprint density at radius 3 is 2.88 bits per heavy atom. The highest BCUT2D eigenvalue weighted by Gasteiger charge is 2.54. The summed E-state index contributed by atoms with van der Waals surface area (Å²) >= 11 is 1.17. The van der Waals surface area contributed by atoms with E-state index >= 15 is 0 Å². The molecule has 33 heavy (non-hydrogen) atoms. The van der Waals surface area contributed by atoms with Crippen LogP contribution in [-0.4, -0.2) is 50.1 Å². The number of nitrogens with two attached hydrogens (primary N) is 1. The molecule has 0 radical (unpaired) electrons. The number of piperidine rings is 1. The number of nitrogens with zero attached hydrogens (tertiary/aromatic N) is 4. The topological polar surface area (TPSA) is 106 Å². The van der Waals surface area contributed by atoms with Crippen LogP contribution in [0.2, 0.25) is 0 Å². The largest absolute Gasteiger partial charge is 0.375 e. The summed E-state index contributed by atoms with van der Waals surface area (Å²) in [5.74, 6) is -0.374. The van der Waals surface area contributed by atoms with Crippen LogP contribution in [-0.2, 0) is 6.54 Å². The number of carbonyl (C=O) groups excluding carboxylic acids is 2. The third-order valence-corrected chi connectivity index (χ3v) is 7.24. The van der Waals surface area contributed by atoms with E-state index in [-0.39, 0.29) is 40.5 Å². The van der Waals surface area contributed by atoms with Gasteiger partial charge in [-0.25, -0.2) is 9.37 Å². The van der Waals surface area contributed by atoms with Gasteiger partial charge in [-0.2, -0.15) is 5.10 Å². The number of hydrogen-bond donors (Lipinski definition) is 2. The zero-order valence-electron chi connectivity index (χ0n) is 18.4. The molecule has 10 heteroatoms. The van der Waals surface area contributed by atoms with Crippen LogP contribution in [0.25, 0.3) is 10.4 Å². The van der Waals surface area contributed by atoms with Gasteiger partial charge in [-0.1, -0.05) is 23.5 Å². The lowest BCUT2D eigenvalue weighted by Gasteiger charge is -2.27. The molecule has 172 valence electrons. The van der Waals surface area contributed by atoms with Crippen molar-refractivity contribution in [3.63, 3.8) is 0 Å². The summed E-state index contributed by atoms with van der Waals surface area (Å²) in [5, 5.41) is 7.57. The van der Waals surface area contributed by atoms with Crippen LogP contribution in [0.1, 0.15) is 46.4 Å². The van der Waals surface area contributed by atoms with E-state index in [4.69, 9.17) is 5.73 Å². The van der Waals surface area contributed by atoms with Gasteiger partial charge in [0.15, 0.2) is 5.13 Å². The number of aryl methyl sites for hydroxylation is 2. The van der Waals surface area contributed by atoms with E-state index < -0.39 is 0 Å². The van der Waals surface area contributed by atoms with Crippen molar-refractivity contribution in [1.29, 1.82) is 0 Å². The number of rotatable bonds is 6. The number of likely N-dealkylation sites (tertiary alicyclic amines) is 1. The first-order chi connectivity index (χ1) is 15.9. The van der Waals surface area contributed by atoms with E-state index in [0.717, 1.165) is 18.5 Å². The first-order valence-corrected chi connectivity index (χ1v) is 11.8. The maximum Gasteiger partial charge on any atom is 0.274 e. The van der Waals surface area contributed by atoms with Gasteiger partial charge in [-0.3, -0.25) is 14.3 Å². The van der Waals surface area contributed by atoms with Crippen LogP contribution in [0.15, 0.2) is 30.3 Å². The van der Waals surface area contributed by atoms with Crippen LogP contribution >= 0.6 is 11.3 Å². The predicted molar refractivity (Wildman–Crippen MR) is 123 cm³/mol. The Hall–Kier alpha value is -3.27. The van der Waals surface area contributed by atoms with Crippen LogP contribution in [0.3, 0.4) is 0 Å². The van der Waals surface area contributed by atoms with Crippen molar-refractivity contribution >= 4 is 28.3 Å². The van der Waals surface area contributed by atoms with Crippen molar-refractivity contribution in [3.8, 4) is 10.4 Å². The third-order valence-electron chi connectivity index (χ3n) is 6.31. The molecule has 2 amide bonds. The minimum atomic E-state index is -0.386. The van der Waals surface area contributed by atoms with Gasteiger partial charge in [-0.05, 0) is 56.4 Å². The number of amides is 2. The lowest BCUT2D eigenvalue weighted by molar-refractivity contribution is 0.0684. The van der Waals surface area contributed by atoms with Crippen LogP contribution in [0.5, 0.6) is 0 Å². The Labute approximate surface area is 194 Å². The SMILES string of the molecule is CCn1nc(C)cc1C(=O)NC[C@@H]1C[C@@H]2C[C@@H]2N1C(=O)c1nc(N)sc1-c1cccc(F)c1. The smallest absolute Gasteiger partial charge is 0.274 e. The number of carbonyl (C=O) groups is 2. The Balaban J connectivity index is 1.36. The number of benzene rings is 1. The molecule has 1 aliphatic carbocycles. The van der Waals surface area contributed by atoms with Crippen molar-refractivity contribution in [1.82, 2.24) is 25.0 Å². The summed E-state index contributed by atoms with van der Waals surface area (Å²) in [5.41, 5.74) is 8.05. The minimum absolute atomic E-state index is 0.132. The second-order valence-electron chi connectivity index (χ2n) is 8.60. The van der Waals surface area contributed by atoms with Crippen molar-refractivity contribution in [3.05, 3.63) is 53.2 Å². The number of anilines is 1. The maximum absolute atomic E-state index is 13.8. The summed E-state index contributed by atoms with van der Waals surface area (Å²) in [6.07, 6.45) is 1.78. The second kappa shape index (κ2) is 8.26.